The van der Waals surface area contributed by atoms with Crippen molar-refractivity contribution in [2.45, 2.75) is 58.8 Å². The number of rotatable bonds is 8. The minimum absolute atomic E-state index is 0.914. The third-order valence-corrected chi connectivity index (χ3v) is 6.19. The molecule has 2 aliphatic heterocycles. The highest BCUT2D eigenvalue weighted by Crippen LogP contribution is 2.24. The van der Waals surface area contributed by atoms with E-state index in [1.54, 1.807) is 0 Å². The summed E-state index contributed by atoms with van der Waals surface area (Å²) in [6, 6.07) is 0. The fourth-order valence-electron chi connectivity index (χ4n) is 5.07. The fourth-order valence-corrected chi connectivity index (χ4v) is 5.07. The summed E-state index contributed by atoms with van der Waals surface area (Å²) in [5.74, 6) is 1.83. The van der Waals surface area contributed by atoms with Crippen LogP contribution in [-0.4, -0.2) is 62.3 Å². The van der Waals surface area contributed by atoms with Gasteiger partial charge in [-0.25, -0.2) is 0 Å². The molecule has 0 amide bonds. The molecule has 0 bridgehead atoms. The fraction of sp³-hybridized carbons (Fsp3) is 1.00. The molecule has 0 radical (unpaired) electrons. The monoisotopic (exact) mass is 296 g/mol. The van der Waals surface area contributed by atoms with Crippen LogP contribution in [0.5, 0.6) is 0 Å². The first-order chi connectivity index (χ1) is 9.91. The summed E-state index contributed by atoms with van der Waals surface area (Å²) in [6.07, 6.45) is 10.2. The molecule has 0 aliphatic carbocycles. The predicted octanol–water partition coefficient (Wildman–Crippen LogP) is 3.91. The summed E-state index contributed by atoms with van der Waals surface area (Å²) in [4.78, 5) is 0. The van der Waals surface area contributed by atoms with E-state index in [1.807, 2.05) is 0 Å². The molecular weight excluding hydrogens is 256 g/mol. The molecule has 0 saturated carbocycles. The zero-order valence-corrected chi connectivity index (χ0v) is 15.2. The van der Waals surface area contributed by atoms with Crippen LogP contribution in [0.25, 0.3) is 0 Å². The normalized spacial score (nSPS) is 26.9. The number of quaternary nitrogens is 2. The Morgan fingerprint density at radius 1 is 0.667 bits per heavy atom. The zero-order chi connectivity index (χ0) is 15.3. The number of hydrogen-bond donors (Lipinski definition) is 0. The second-order valence-corrected chi connectivity index (χ2v) is 9.05. The van der Waals surface area contributed by atoms with E-state index in [0.717, 1.165) is 11.8 Å². The lowest BCUT2D eigenvalue weighted by molar-refractivity contribution is -0.901. The van der Waals surface area contributed by atoms with Crippen LogP contribution in [0.4, 0.5) is 0 Å². The molecule has 2 rings (SSSR count). The molecule has 124 valence electrons. The van der Waals surface area contributed by atoms with E-state index >= 15 is 0 Å². The molecular formula is C19H40N2+2. The lowest BCUT2D eigenvalue weighted by atomic mass is 9.97. The largest absolute Gasteiger partial charge is 0.326 e. The van der Waals surface area contributed by atoms with E-state index in [2.05, 4.69) is 27.9 Å². The van der Waals surface area contributed by atoms with Crippen LogP contribution >= 0.6 is 0 Å². The van der Waals surface area contributed by atoms with E-state index in [4.69, 9.17) is 0 Å². The van der Waals surface area contributed by atoms with Gasteiger partial charge in [-0.3, -0.25) is 0 Å². The van der Waals surface area contributed by atoms with Crippen molar-refractivity contribution in [2.24, 2.45) is 11.8 Å². The first-order valence-corrected chi connectivity index (χ1v) is 9.58. The van der Waals surface area contributed by atoms with Gasteiger partial charge in [0, 0.05) is 37.5 Å². The Morgan fingerprint density at radius 3 is 1.33 bits per heavy atom. The SMILES string of the molecule is CC(CCCC(C)C[N+]1(C)CCCC1)C[N+]1(C)CCCC1. The third kappa shape index (κ3) is 5.56. The second-order valence-electron chi connectivity index (χ2n) is 9.05. The summed E-state index contributed by atoms with van der Waals surface area (Å²) >= 11 is 0. The van der Waals surface area contributed by atoms with Crippen molar-refractivity contribution in [2.75, 3.05) is 53.4 Å². The van der Waals surface area contributed by atoms with Gasteiger partial charge >= 0.3 is 0 Å². The predicted molar refractivity (Wildman–Crippen MR) is 92.2 cm³/mol. The standard InChI is InChI=1S/C19H40N2/c1-18(16-20(3)12-5-6-13-20)10-9-11-19(2)17-21(4)14-7-8-15-21/h18-19H,5-17H2,1-4H3/q+2. The van der Waals surface area contributed by atoms with Crippen molar-refractivity contribution < 1.29 is 8.97 Å². The molecule has 2 nitrogen and oxygen atoms in total. The molecule has 2 heteroatoms. The van der Waals surface area contributed by atoms with Gasteiger partial charge in [0.15, 0.2) is 0 Å². The maximum absolute atomic E-state index is 2.49. The van der Waals surface area contributed by atoms with Crippen LogP contribution in [-0.2, 0) is 0 Å². The highest BCUT2D eigenvalue weighted by molar-refractivity contribution is 4.61. The van der Waals surface area contributed by atoms with E-state index < -0.39 is 0 Å². The van der Waals surface area contributed by atoms with Crippen LogP contribution < -0.4 is 0 Å². The van der Waals surface area contributed by atoms with Crippen LogP contribution in [0.2, 0.25) is 0 Å². The Bertz CT molecular complexity index is 271. The molecule has 0 aromatic carbocycles. The lowest BCUT2D eigenvalue weighted by Crippen LogP contribution is -2.44. The van der Waals surface area contributed by atoms with Gasteiger partial charge in [0.25, 0.3) is 0 Å². The molecule has 21 heavy (non-hydrogen) atoms. The zero-order valence-electron chi connectivity index (χ0n) is 15.2. The lowest BCUT2D eigenvalue weighted by Gasteiger charge is -2.33. The highest BCUT2D eigenvalue weighted by Gasteiger charge is 2.30. The maximum Gasteiger partial charge on any atom is 0.0810 e. The third-order valence-electron chi connectivity index (χ3n) is 6.19. The Labute approximate surface area is 133 Å². The van der Waals surface area contributed by atoms with Gasteiger partial charge in [-0.05, 0) is 12.8 Å². The number of hydrogen-bond acceptors (Lipinski definition) is 0. The maximum atomic E-state index is 2.49. The summed E-state index contributed by atoms with van der Waals surface area (Å²) in [5.41, 5.74) is 0. The Balaban J connectivity index is 1.59. The quantitative estimate of drug-likeness (QED) is 0.596. The van der Waals surface area contributed by atoms with Crippen molar-refractivity contribution in [3.8, 4) is 0 Å². The minimum Gasteiger partial charge on any atom is -0.326 e. The van der Waals surface area contributed by atoms with Crippen LogP contribution in [0.15, 0.2) is 0 Å². The molecule has 2 atom stereocenters. The van der Waals surface area contributed by atoms with Crippen molar-refractivity contribution in [3.63, 3.8) is 0 Å². The van der Waals surface area contributed by atoms with Gasteiger partial charge in [0.1, 0.15) is 0 Å². The Kier molecular flexibility index (Phi) is 6.14. The smallest absolute Gasteiger partial charge is 0.0810 e. The van der Waals surface area contributed by atoms with Gasteiger partial charge in [0.05, 0.1) is 53.4 Å². The molecule has 2 heterocycles. The molecule has 2 aliphatic rings. The molecule has 0 aromatic heterocycles. The molecule has 2 saturated heterocycles. The van der Waals surface area contributed by atoms with E-state index in [0.29, 0.717) is 0 Å². The van der Waals surface area contributed by atoms with Crippen LogP contribution in [0, 0.1) is 11.8 Å². The second kappa shape index (κ2) is 7.46. The van der Waals surface area contributed by atoms with Gasteiger partial charge in [-0.2, -0.15) is 0 Å². The van der Waals surface area contributed by atoms with E-state index in [-0.39, 0.29) is 0 Å². The van der Waals surface area contributed by atoms with Gasteiger partial charge in [-0.15, -0.1) is 0 Å². The van der Waals surface area contributed by atoms with E-state index in [9.17, 15) is 0 Å². The van der Waals surface area contributed by atoms with Crippen molar-refractivity contribution in [1.82, 2.24) is 0 Å². The van der Waals surface area contributed by atoms with Crippen LogP contribution in [0.3, 0.4) is 0 Å². The summed E-state index contributed by atoms with van der Waals surface area (Å²) in [7, 11) is 4.95. The number of likely N-dealkylation sites (tertiary alicyclic amines) is 2. The first kappa shape index (κ1) is 17.3. The van der Waals surface area contributed by atoms with Gasteiger partial charge in [0.2, 0.25) is 0 Å². The molecule has 0 N–H and O–H groups in total. The topological polar surface area (TPSA) is 0 Å². The Morgan fingerprint density at radius 2 is 1.00 bits per heavy atom. The molecule has 2 fully saturated rings. The summed E-state index contributed by atoms with van der Waals surface area (Å²) < 4.78 is 2.71. The summed E-state index contributed by atoms with van der Waals surface area (Å²) in [5, 5.41) is 0. The number of nitrogens with zero attached hydrogens (tertiary/aromatic N) is 2. The molecule has 0 aromatic rings. The molecule has 0 spiro atoms. The van der Waals surface area contributed by atoms with Crippen molar-refractivity contribution >= 4 is 0 Å². The first-order valence-electron chi connectivity index (χ1n) is 9.58. The summed E-state index contributed by atoms with van der Waals surface area (Å²) in [6.45, 7) is 13.5. The highest BCUT2D eigenvalue weighted by atomic mass is 15.3. The van der Waals surface area contributed by atoms with Gasteiger partial charge < -0.3 is 8.97 Å². The van der Waals surface area contributed by atoms with Crippen LogP contribution in [0.1, 0.15) is 58.8 Å². The minimum atomic E-state index is 0.914. The average Bonchev–Trinajstić information content (AvgIpc) is 2.98. The molecule has 2 unspecified atom stereocenters. The van der Waals surface area contributed by atoms with Gasteiger partial charge in [-0.1, -0.05) is 20.3 Å². The van der Waals surface area contributed by atoms with E-state index in [1.165, 1.54) is 93.2 Å². The average molecular weight is 297 g/mol. The van der Waals surface area contributed by atoms with Crippen molar-refractivity contribution in [1.29, 1.82) is 0 Å². The Hall–Kier alpha value is -0.0800. The van der Waals surface area contributed by atoms with Crippen molar-refractivity contribution in [3.05, 3.63) is 0 Å².